The summed E-state index contributed by atoms with van der Waals surface area (Å²) in [4.78, 5) is 0. The van der Waals surface area contributed by atoms with Gasteiger partial charge in [0.1, 0.15) is 0 Å². The lowest BCUT2D eigenvalue weighted by atomic mass is 10.3. The molecule has 62 valence electrons. The van der Waals surface area contributed by atoms with Gasteiger partial charge in [-0.1, -0.05) is 15.9 Å². The number of nitrogens with two attached hydrogens (primary N) is 1. The third kappa shape index (κ3) is 8.40. The molecule has 0 saturated carbocycles. The fourth-order valence-electron chi connectivity index (χ4n) is 0.711. The first-order valence-corrected chi connectivity index (χ1v) is 5.00. The summed E-state index contributed by atoms with van der Waals surface area (Å²) >= 11 is 3.37. The van der Waals surface area contributed by atoms with Crippen molar-refractivity contribution in [2.45, 2.75) is 19.3 Å². The first kappa shape index (κ1) is 10.4. The topological polar surface area (TPSA) is 38.0 Å². The second-order valence-electron chi connectivity index (χ2n) is 2.29. The largest absolute Gasteiger partial charge is 0.330 e. The average molecular weight is 209 g/mol. The van der Waals surface area contributed by atoms with E-state index in [1.807, 2.05) is 0 Å². The molecule has 0 saturated heterocycles. The summed E-state index contributed by atoms with van der Waals surface area (Å²) in [5.74, 6) is 0. The fourth-order valence-corrected chi connectivity index (χ4v) is 0.992. The summed E-state index contributed by atoms with van der Waals surface area (Å²) in [6, 6.07) is 0. The maximum atomic E-state index is 5.33. The molecule has 0 amide bonds. The van der Waals surface area contributed by atoms with Crippen LogP contribution >= 0.6 is 15.9 Å². The van der Waals surface area contributed by atoms with Gasteiger partial charge in [-0.25, -0.2) is 0 Å². The van der Waals surface area contributed by atoms with Crippen LogP contribution in [0.15, 0.2) is 0 Å². The van der Waals surface area contributed by atoms with E-state index in [2.05, 4.69) is 21.2 Å². The molecule has 0 aromatic heterocycles. The van der Waals surface area contributed by atoms with E-state index in [1.165, 1.54) is 12.8 Å². The van der Waals surface area contributed by atoms with Gasteiger partial charge >= 0.3 is 0 Å². The number of unbranched alkanes of at least 4 members (excludes halogenated alkanes) is 1. The van der Waals surface area contributed by atoms with Crippen LogP contribution in [0.4, 0.5) is 0 Å². The minimum atomic E-state index is 0.820. The molecule has 0 radical (unpaired) electrons. The third-order valence-corrected chi connectivity index (χ3v) is 1.86. The van der Waals surface area contributed by atoms with Gasteiger partial charge < -0.3 is 11.1 Å². The molecular formula is C7H17BrN2. The predicted octanol–water partition coefficient (Wildman–Crippen LogP) is 1.10. The molecular weight excluding hydrogens is 192 g/mol. The maximum Gasteiger partial charge on any atom is 0.00433 e. The van der Waals surface area contributed by atoms with Crippen molar-refractivity contribution in [2.75, 3.05) is 25.0 Å². The zero-order valence-electron chi connectivity index (χ0n) is 6.41. The standard InChI is InChI=1S/C7H17BrN2/c8-4-3-7-10-6-2-1-5-9/h10H,1-7,9H2. The van der Waals surface area contributed by atoms with Crippen molar-refractivity contribution in [1.82, 2.24) is 5.32 Å². The summed E-state index contributed by atoms with van der Waals surface area (Å²) in [6.07, 6.45) is 3.56. The molecule has 0 heterocycles. The lowest BCUT2D eigenvalue weighted by molar-refractivity contribution is 0.623. The monoisotopic (exact) mass is 208 g/mol. The van der Waals surface area contributed by atoms with E-state index in [9.17, 15) is 0 Å². The summed E-state index contributed by atoms with van der Waals surface area (Å²) in [5, 5.41) is 4.43. The lowest BCUT2D eigenvalue weighted by Crippen LogP contribution is -2.17. The summed E-state index contributed by atoms with van der Waals surface area (Å²) in [5.41, 5.74) is 5.33. The van der Waals surface area contributed by atoms with E-state index in [0.29, 0.717) is 0 Å². The van der Waals surface area contributed by atoms with E-state index in [-0.39, 0.29) is 0 Å². The molecule has 0 spiro atoms. The Morgan fingerprint density at radius 3 is 2.40 bits per heavy atom. The normalized spacial score (nSPS) is 10.2. The molecule has 0 aromatic rings. The van der Waals surface area contributed by atoms with Crippen molar-refractivity contribution in [3.8, 4) is 0 Å². The highest BCUT2D eigenvalue weighted by molar-refractivity contribution is 9.09. The van der Waals surface area contributed by atoms with E-state index in [0.717, 1.165) is 31.4 Å². The van der Waals surface area contributed by atoms with Gasteiger partial charge in [-0.3, -0.25) is 0 Å². The molecule has 0 aliphatic carbocycles. The average Bonchev–Trinajstić information content (AvgIpc) is 1.97. The molecule has 0 unspecified atom stereocenters. The van der Waals surface area contributed by atoms with Crippen LogP contribution in [0.25, 0.3) is 0 Å². The first-order valence-electron chi connectivity index (χ1n) is 3.88. The number of rotatable bonds is 7. The van der Waals surface area contributed by atoms with Crippen LogP contribution in [-0.4, -0.2) is 25.0 Å². The Labute approximate surface area is 71.7 Å². The Balaban J connectivity index is 2.65. The lowest BCUT2D eigenvalue weighted by Gasteiger charge is -2.00. The smallest absolute Gasteiger partial charge is 0.00433 e. The van der Waals surface area contributed by atoms with Gasteiger partial charge in [0, 0.05) is 5.33 Å². The molecule has 0 aliphatic heterocycles. The highest BCUT2D eigenvalue weighted by atomic mass is 79.9. The van der Waals surface area contributed by atoms with Crippen LogP contribution in [0.2, 0.25) is 0 Å². The van der Waals surface area contributed by atoms with Crippen molar-refractivity contribution < 1.29 is 0 Å². The van der Waals surface area contributed by atoms with Crippen LogP contribution in [0.3, 0.4) is 0 Å². The predicted molar refractivity (Wildman–Crippen MR) is 49.6 cm³/mol. The number of hydrogen-bond acceptors (Lipinski definition) is 2. The van der Waals surface area contributed by atoms with Gasteiger partial charge in [0.15, 0.2) is 0 Å². The van der Waals surface area contributed by atoms with E-state index < -0.39 is 0 Å². The number of hydrogen-bond donors (Lipinski definition) is 2. The maximum absolute atomic E-state index is 5.33. The second-order valence-corrected chi connectivity index (χ2v) is 3.08. The highest BCUT2D eigenvalue weighted by Crippen LogP contribution is 1.86. The van der Waals surface area contributed by atoms with E-state index in [4.69, 9.17) is 5.73 Å². The molecule has 0 bridgehead atoms. The number of nitrogens with one attached hydrogen (secondary N) is 1. The van der Waals surface area contributed by atoms with Crippen LogP contribution in [0, 0.1) is 0 Å². The molecule has 0 aromatic carbocycles. The molecule has 0 rings (SSSR count). The van der Waals surface area contributed by atoms with Crippen LogP contribution in [0.1, 0.15) is 19.3 Å². The SMILES string of the molecule is NCCCCNCCCBr. The van der Waals surface area contributed by atoms with Gasteiger partial charge in [0.05, 0.1) is 0 Å². The van der Waals surface area contributed by atoms with Crippen molar-refractivity contribution in [1.29, 1.82) is 0 Å². The van der Waals surface area contributed by atoms with E-state index in [1.54, 1.807) is 0 Å². The van der Waals surface area contributed by atoms with Gasteiger partial charge in [-0.2, -0.15) is 0 Å². The fraction of sp³-hybridized carbons (Fsp3) is 1.00. The Kier molecular flexibility index (Phi) is 9.78. The molecule has 3 N–H and O–H groups in total. The van der Waals surface area contributed by atoms with Gasteiger partial charge in [0.2, 0.25) is 0 Å². The highest BCUT2D eigenvalue weighted by Gasteiger charge is 1.85. The Morgan fingerprint density at radius 1 is 1.10 bits per heavy atom. The molecule has 3 heteroatoms. The Morgan fingerprint density at radius 2 is 1.80 bits per heavy atom. The quantitative estimate of drug-likeness (QED) is 0.486. The number of halogens is 1. The summed E-state index contributed by atoms with van der Waals surface area (Å²) in [7, 11) is 0. The van der Waals surface area contributed by atoms with Crippen molar-refractivity contribution >= 4 is 15.9 Å². The minimum absolute atomic E-state index is 0.820. The van der Waals surface area contributed by atoms with Crippen molar-refractivity contribution in [2.24, 2.45) is 5.73 Å². The molecule has 2 nitrogen and oxygen atoms in total. The molecule has 10 heavy (non-hydrogen) atoms. The van der Waals surface area contributed by atoms with Crippen molar-refractivity contribution in [3.63, 3.8) is 0 Å². The van der Waals surface area contributed by atoms with Gasteiger partial charge in [-0.05, 0) is 38.9 Å². The summed E-state index contributed by atoms with van der Waals surface area (Å²) < 4.78 is 0. The van der Waals surface area contributed by atoms with Gasteiger partial charge in [0.25, 0.3) is 0 Å². The molecule has 0 aliphatic rings. The molecule has 0 fully saturated rings. The Bertz CT molecular complexity index is 51.6. The third-order valence-electron chi connectivity index (χ3n) is 1.29. The number of alkyl halides is 1. The van der Waals surface area contributed by atoms with Crippen LogP contribution in [-0.2, 0) is 0 Å². The van der Waals surface area contributed by atoms with Crippen LogP contribution < -0.4 is 11.1 Å². The van der Waals surface area contributed by atoms with E-state index >= 15 is 0 Å². The van der Waals surface area contributed by atoms with Crippen LogP contribution in [0.5, 0.6) is 0 Å². The minimum Gasteiger partial charge on any atom is -0.330 e. The molecule has 0 atom stereocenters. The summed E-state index contributed by atoms with van der Waals surface area (Å²) in [6.45, 7) is 3.06. The van der Waals surface area contributed by atoms with Crippen molar-refractivity contribution in [3.05, 3.63) is 0 Å². The first-order chi connectivity index (χ1) is 4.91. The zero-order chi connectivity index (χ0) is 7.66. The Hall–Kier alpha value is 0.400. The second kappa shape index (κ2) is 9.40. The zero-order valence-corrected chi connectivity index (χ0v) is 7.99. The van der Waals surface area contributed by atoms with Gasteiger partial charge in [-0.15, -0.1) is 0 Å².